The molecule has 136 valence electrons. The molecule has 1 fully saturated rings. The van der Waals surface area contributed by atoms with Crippen LogP contribution in [0.15, 0.2) is 42.6 Å². The third-order valence-electron chi connectivity index (χ3n) is 5.17. The minimum atomic E-state index is -4.51. The van der Waals surface area contributed by atoms with E-state index >= 15 is 0 Å². The van der Waals surface area contributed by atoms with Crippen molar-refractivity contribution in [2.75, 3.05) is 13.1 Å². The van der Waals surface area contributed by atoms with Crippen LogP contribution in [0.2, 0.25) is 0 Å². The van der Waals surface area contributed by atoms with Gasteiger partial charge in [0.2, 0.25) is 0 Å². The molecule has 1 aromatic carbocycles. The number of carbonyl (C=O) groups excluding carboxylic acids is 1. The van der Waals surface area contributed by atoms with Gasteiger partial charge in [-0.3, -0.25) is 9.78 Å². The molecular weight excluding hydrogens is 345 g/mol. The number of rotatable bonds is 1. The second kappa shape index (κ2) is 6.09. The van der Waals surface area contributed by atoms with E-state index in [0.717, 1.165) is 12.3 Å². The Balaban J connectivity index is 1.46. The Labute approximate surface area is 148 Å². The zero-order chi connectivity index (χ0) is 18.4. The normalized spacial score (nSPS) is 18.8. The number of aromatic nitrogens is 1. The standard InChI is InChI=1S/C19H17F3N2O2/c20-19(21,22)16-6-5-13(11-23-16)17(25)24-9-7-18(8-10-24)15-4-2-1-3-14(15)12-26-18/h1-6,11H,7-10,12H2. The third kappa shape index (κ3) is 2.86. The van der Waals surface area contributed by atoms with Gasteiger partial charge >= 0.3 is 6.18 Å². The Morgan fingerprint density at radius 2 is 1.85 bits per heavy atom. The van der Waals surface area contributed by atoms with E-state index in [4.69, 9.17) is 4.74 Å². The van der Waals surface area contributed by atoms with Crippen LogP contribution in [-0.4, -0.2) is 28.9 Å². The number of fused-ring (bicyclic) bond motifs is 2. The lowest BCUT2D eigenvalue weighted by molar-refractivity contribution is -0.141. The summed E-state index contributed by atoms with van der Waals surface area (Å²) < 4.78 is 43.8. The van der Waals surface area contributed by atoms with E-state index in [1.165, 1.54) is 17.2 Å². The topological polar surface area (TPSA) is 42.4 Å². The molecule has 1 aromatic heterocycles. The Hall–Kier alpha value is -2.41. The molecule has 2 aliphatic rings. The second-order valence-corrected chi connectivity index (χ2v) is 6.66. The molecule has 2 aliphatic heterocycles. The first kappa shape index (κ1) is 17.0. The quantitative estimate of drug-likeness (QED) is 0.776. The molecular formula is C19H17F3N2O2. The maximum atomic E-state index is 12.6. The minimum absolute atomic E-state index is 0.168. The van der Waals surface area contributed by atoms with E-state index in [9.17, 15) is 18.0 Å². The van der Waals surface area contributed by atoms with Crippen molar-refractivity contribution < 1.29 is 22.7 Å². The zero-order valence-corrected chi connectivity index (χ0v) is 13.9. The molecule has 0 atom stereocenters. The number of benzene rings is 1. The van der Waals surface area contributed by atoms with Crippen LogP contribution in [0, 0.1) is 0 Å². The average Bonchev–Trinajstić information content (AvgIpc) is 3.00. The maximum Gasteiger partial charge on any atom is 0.433 e. The fraction of sp³-hybridized carbons (Fsp3) is 0.368. The minimum Gasteiger partial charge on any atom is -0.365 e. The summed E-state index contributed by atoms with van der Waals surface area (Å²) in [6.45, 7) is 1.56. The number of halogens is 3. The highest BCUT2D eigenvalue weighted by Crippen LogP contribution is 2.44. The molecule has 0 unspecified atom stereocenters. The first-order valence-electron chi connectivity index (χ1n) is 8.44. The molecule has 0 aliphatic carbocycles. The number of hydrogen-bond acceptors (Lipinski definition) is 3. The van der Waals surface area contributed by atoms with Gasteiger partial charge < -0.3 is 9.64 Å². The van der Waals surface area contributed by atoms with Crippen LogP contribution in [-0.2, 0) is 23.1 Å². The molecule has 0 bridgehead atoms. The lowest BCUT2D eigenvalue weighted by atomic mass is 9.83. The van der Waals surface area contributed by atoms with Crippen LogP contribution < -0.4 is 0 Å². The average molecular weight is 362 g/mol. The molecule has 1 amide bonds. The van der Waals surface area contributed by atoms with Crippen molar-refractivity contribution in [3.8, 4) is 0 Å². The Bertz CT molecular complexity index is 825. The van der Waals surface area contributed by atoms with Gasteiger partial charge in [0.1, 0.15) is 5.69 Å². The molecule has 3 heterocycles. The molecule has 26 heavy (non-hydrogen) atoms. The summed E-state index contributed by atoms with van der Waals surface area (Å²) in [5, 5.41) is 0. The van der Waals surface area contributed by atoms with Gasteiger partial charge in [-0.05, 0) is 36.1 Å². The summed E-state index contributed by atoms with van der Waals surface area (Å²) >= 11 is 0. The molecule has 7 heteroatoms. The van der Waals surface area contributed by atoms with Gasteiger partial charge in [0, 0.05) is 19.3 Å². The van der Waals surface area contributed by atoms with Crippen LogP contribution in [0.25, 0.3) is 0 Å². The number of nitrogens with zero attached hydrogens (tertiary/aromatic N) is 2. The molecule has 0 saturated carbocycles. The predicted octanol–water partition coefficient (Wildman–Crippen LogP) is 3.76. The van der Waals surface area contributed by atoms with Gasteiger partial charge in [-0.1, -0.05) is 24.3 Å². The monoisotopic (exact) mass is 362 g/mol. The van der Waals surface area contributed by atoms with E-state index in [2.05, 4.69) is 17.1 Å². The van der Waals surface area contributed by atoms with Crippen molar-refractivity contribution in [3.63, 3.8) is 0 Å². The fourth-order valence-corrected chi connectivity index (χ4v) is 3.74. The van der Waals surface area contributed by atoms with Crippen LogP contribution in [0.5, 0.6) is 0 Å². The first-order chi connectivity index (χ1) is 12.4. The smallest absolute Gasteiger partial charge is 0.365 e. The van der Waals surface area contributed by atoms with Gasteiger partial charge in [-0.25, -0.2) is 0 Å². The van der Waals surface area contributed by atoms with Gasteiger partial charge in [-0.2, -0.15) is 13.2 Å². The van der Waals surface area contributed by atoms with Crippen molar-refractivity contribution >= 4 is 5.91 Å². The first-order valence-corrected chi connectivity index (χ1v) is 8.44. The second-order valence-electron chi connectivity index (χ2n) is 6.66. The van der Waals surface area contributed by atoms with E-state index < -0.39 is 11.9 Å². The molecule has 4 nitrogen and oxygen atoms in total. The summed E-state index contributed by atoms with van der Waals surface area (Å²) in [7, 11) is 0. The highest BCUT2D eigenvalue weighted by Gasteiger charge is 2.43. The molecule has 4 rings (SSSR count). The number of alkyl halides is 3. The predicted molar refractivity (Wildman–Crippen MR) is 87.3 cm³/mol. The number of carbonyl (C=O) groups is 1. The number of likely N-dealkylation sites (tertiary alicyclic amines) is 1. The van der Waals surface area contributed by atoms with E-state index in [1.54, 1.807) is 4.90 Å². The number of ether oxygens (including phenoxy) is 1. The van der Waals surface area contributed by atoms with Crippen molar-refractivity contribution in [3.05, 3.63) is 65.0 Å². The largest absolute Gasteiger partial charge is 0.433 e. The third-order valence-corrected chi connectivity index (χ3v) is 5.17. The lowest BCUT2D eigenvalue weighted by Gasteiger charge is -2.39. The zero-order valence-electron chi connectivity index (χ0n) is 13.9. The van der Waals surface area contributed by atoms with Gasteiger partial charge in [0.05, 0.1) is 17.8 Å². The molecule has 2 aromatic rings. The van der Waals surface area contributed by atoms with Gasteiger partial charge in [0.25, 0.3) is 5.91 Å². The number of pyridine rings is 1. The van der Waals surface area contributed by atoms with Crippen LogP contribution in [0.1, 0.15) is 40.0 Å². The Morgan fingerprint density at radius 3 is 2.50 bits per heavy atom. The van der Waals surface area contributed by atoms with Gasteiger partial charge in [-0.15, -0.1) is 0 Å². The number of amides is 1. The van der Waals surface area contributed by atoms with Crippen molar-refractivity contribution in [2.24, 2.45) is 0 Å². The van der Waals surface area contributed by atoms with Crippen LogP contribution >= 0.6 is 0 Å². The molecule has 1 spiro atoms. The molecule has 0 N–H and O–H groups in total. The molecule has 1 saturated heterocycles. The molecule has 0 radical (unpaired) electrons. The van der Waals surface area contributed by atoms with Crippen LogP contribution in [0.4, 0.5) is 13.2 Å². The Morgan fingerprint density at radius 1 is 1.12 bits per heavy atom. The lowest BCUT2D eigenvalue weighted by Crippen LogP contribution is -2.45. The highest BCUT2D eigenvalue weighted by atomic mass is 19.4. The fourth-order valence-electron chi connectivity index (χ4n) is 3.74. The van der Waals surface area contributed by atoms with E-state index in [-0.39, 0.29) is 17.1 Å². The van der Waals surface area contributed by atoms with E-state index in [0.29, 0.717) is 32.5 Å². The Kier molecular flexibility index (Phi) is 3.99. The summed E-state index contributed by atoms with van der Waals surface area (Å²) in [4.78, 5) is 17.6. The van der Waals surface area contributed by atoms with E-state index in [1.807, 2.05) is 12.1 Å². The van der Waals surface area contributed by atoms with Crippen molar-refractivity contribution in [2.45, 2.75) is 31.2 Å². The maximum absolute atomic E-state index is 12.6. The summed E-state index contributed by atoms with van der Waals surface area (Å²) in [5.41, 5.74) is 1.18. The SMILES string of the molecule is O=C(c1ccc(C(F)(F)F)nc1)N1CCC2(CC1)OCc1ccccc12. The number of piperidine rings is 1. The van der Waals surface area contributed by atoms with Crippen LogP contribution in [0.3, 0.4) is 0 Å². The number of hydrogen-bond donors (Lipinski definition) is 0. The highest BCUT2D eigenvalue weighted by molar-refractivity contribution is 5.94. The summed E-state index contributed by atoms with van der Waals surface area (Å²) in [6, 6.07) is 10.1. The summed E-state index contributed by atoms with van der Waals surface area (Å²) in [5.74, 6) is -0.299. The summed E-state index contributed by atoms with van der Waals surface area (Å²) in [6.07, 6.45) is -2.17. The van der Waals surface area contributed by atoms with Crippen molar-refractivity contribution in [1.82, 2.24) is 9.88 Å². The van der Waals surface area contributed by atoms with Crippen molar-refractivity contribution in [1.29, 1.82) is 0 Å². The van der Waals surface area contributed by atoms with Gasteiger partial charge in [0.15, 0.2) is 0 Å².